The number of halogens is 1. The number of fused-ring (bicyclic) bond motifs is 3. The Labute approximate surface area is 133 Å². The summed E-state index contributed by atoms with van der Waals surface area (Å²) < 4.78 is 0.989. The second-order valence-electron chi connectivity index (χ2n) is 6.51. The molecule has 0 radical (unpaired) electrons. The molecule has 3 fully saturated rings. The maximum Gasteiger partial charge on any atom is 0.145 e. The fourth-order valence-electron chi connectivity index (χ4n) is 3.82. The van der Waals surface area contributed by atoms with Crippen LogP contribution in [0, 0.1) is 10.8 Å². The number of pyridine rings is 1. The quantitative estimate of drug-likeness (QED) is 0.336. The van der Waals surface area contributed by atoms with Crippen LogP contribution in [-0.2, 0) is 0 Å². The molecule has 1 aromatic heterocycles. The van der Waals surface area contributed by atoms with E-state index in [1.54, 1.807) is 6.20 Å². The van der Waals surface area contributed by atoms with Crippen molar-refractivity contribution in [3.05, 3.63) is 22.9 Å². The molecule has 4 N–H and O–H groups in total. The average Bonchev–Trinajstić information content (AvgIpc) is 2.54. The van der Waals surface area contributed by atoms with Gasteiger partial charge < -0.3 is 16.3 Å². The summed E-state index contributed by atoms with van der Waals surface area (Å²) in [5.41, 5.74) is 7.27. The standard InChI is InChI=1S/C15H21BrN4O/c16-11-7-12(9-18-8-11)19-10-14-1-4-15(5-2-14,6-3-14)13(17)20-21/h7-9,19,21H,1-6,10H2,(H2,17,20). The molecular formula is C15H21BrN4O. The van der Waals surface area contributed by atoms with Crippen molar-refractivity contribution in [1.29, 1.82) is 0 Å². The van der Waals surface area contributed by atoms with Gasteiger partial charge in [-0.05, 0) is 65.9 Å². The van der Waals surface area contributed by atoms with Gasteiger partial charge in [0.2, 0.25) is 0 Å². The first-order valence-corrected chi connectivity index (χ1v) is 8.19. The number of rotatable bonds is 4. The molecule has 3 aliphatic rings. The van der Waals surface area contributed by atoms with E-state index in [1.165, 1.54) is 0 Å². The van der Waals surface area contributed by atoms with E-state index < -0.39 is 0 Å². The highest BCUT2D eigenvalue weighted by Crippen LogP contribution is 2.56. The summed E-state index contributed by atoms with van der Waals surface area (Å²) in [5.74, 6) is 0.431. The predicted octanol–water partition coefficient (Wildman–Crippen LogP) is 3.34. The number of hydrogen-bond acceptors (Lipinski definition) is 4. The third kappa shape index (κ3) is 2.73. The normalized spacial score (nSPS) is 32.1. The molecule has 6 heteroatoms. The summed E-state index contributed by atoms with van der Waals surface area (Å²) in [6.07, 6.45) is 10.1. The van der Waals surface area contributed by atoms with Gasteiger partial charge in [-0.25, -0.2) is 0 Å². The van der Waals surface area contributed by atoms with Crippen LogP contribution in [0.4, 0.5) is 5.69 Å². The van der Waals surface area contributed by atoms with Crippen molar-refractivity contribution in [3.63, 3.8) is 0 Å². The van der Waals surface area contributed by atoms with Crippen molar-refractivity contribution in [2.24, 2.45) is 21.7 Å². The largest absolute Gasteiger partial charge is 0.409 e. The number of amidine groups is 1. The molecule has 0 amide bonds. The van der Waals surface area contributed by atoms with Crippen molar-refractivity contribution in [2.75, 3.05) is 11.9 Å². The zero-order valence-corrected chi connectivity index (χ0v) is 13.6. The second-order valence-corrected chi connectivity index (χ2v) is 7.43. The van der Waals surface area contributed by atoms with Crippen molar-refractivity contribution < 1.29 is 5.21 Å². The molecule has 1 aromatic rings. The maximum absolute atomic E-state index is 8.98. The van der Waals surface area contributed by atoms with Crippen LogP contribution in [0.25, 0.3) is 0 Å². The fourth-order valence-corrected chi connectivity index (χ4v) is 4.18. The van der Waals surface area contributed by atoms with E-state index in [-0.39, 0.29) is 5.41 Å². The van der Waals surface area contributed by atoms with E-state index >= 15 is 0 Å². The Bertz CT molecular complexity index is 536. The first-order valence-electron chi connectivity index (χ1n) is 7.40. The van der Waals surface area contributed by atoms with Crippen molar-refractivity contribution >= 4 is 27.5 Å². The second kappa shape index (κ2) is 5.48. The van der Waals surface area contributed by atoms with Crippen molar-refractivity contribution in [2.45, 2.75) is 38.5 Å². The number of anilines is 1. The molecule has 0 atom stereocenters. The molecule has 114 valence electrons. The Morgan fingerprint density at radius 2 is 1.95 bits per heavy atom. The van der Waals surface area contributed by atoms with Crippen LogP contribution < -0.4 is 11.1 Å². The number of hydrogen-bond donors (Lipinski definition) is 3. The molecule has 0 aliphatic heterocycles. The summed E-state index contributed by atoms with van der Waals surface area (Å²) in [6, 6.07) is 2.05. The van der Waals surface area contributed by atoms with Gasteiger partial charge in [0, 0.05) is 22.6 Å². The highest BCUT2D eigenvalue weighted by Gasteiger charge is 2.50. The first kappa shape index (κ1) is 14.6. The summed E-state index contributed by atoms with van der Waals surface area (Å²) in [5, 5.41) is 15.8. The van der Waals surface area contributed by atoms with Gasteiger partial charge in [-0.15, -0.1) is 0 Å². The van der Waals surface area contributed by atoms with Gasteiger partial charge >= 0.3 is 0 Å². The van der Waals surface area contributed by atoms with Gasteiger partial charge in [0.25, 0.3) is 0 Å². The highest BCUT2D eigenvalue weighted by atomic mass is 79.9. The molecule has 1 heterocycles. The number of nitrogens with two attached hydrogens (primary N) is 1. The lowest BCUT2D eigenvalue weighted by Crippen LogP contribution is -2.50. The van der Waals surface area contributed by atoms with Gasteiger partial charge in [0.1, 0.15) is 5.84 Å². The van der Waals surface area contributed by atoms with Crippen molar-refractivity contribution in [3.8, 4) is 0 Å². The lowest BCUT2D eigenvalue weighted by Gasteiger charge is -2.53. The Kier molecular flexibility index (Phi) is 3.82. The summed E-state index contributed by atoms with van der Waals surface area (Å²) in [4.78, 5) is 4.18. The highest BCUT2D eigenvalue weighted by molar-refractivity contribution is 9.10. The van der Waals surface area contributed by atoms with E-state index in [1.807, 2.05) is 6.20 Å². The molecule has 21 heavy (non-hydrogen) atoms. The van der Waals surface area contributed by atoms with Crippen LogP contribution in [0.2, 0.25) is 0 Å². The number of nitrogens with zero attached hydrogens (tertiary/aromatic N) is 2. The Balaban J connectivity index is 1.64. The molecule has 0 aromatic carbocycles. The van der Waals surface area contributed by atoms with E-state index in [9.17, 15) is 0 Å². The topological polar surface area (TPSA) is 83.5 Å². The SMILES string of the molecule is N/C(=N\O)C12CCC(CNc3cncc(Br)c3)(CC1)CC2. The number of nitrogens with one attached hydrogen (secondary N) is 1. The summed E-state index contributed by atoms with van der Waals surface area (Å²) in [6.45, 7) is 0.970. The molecule has 0 saturated heterocycles. The summed E-state index contributed by atoms with van der Waals surface area (Å²) in [7, 11) is 0. The van der Waals surface area contributed by atoms with E-state index in [0.717, 1.165) is 55.2 Å². The summed E-state index contributed by atoms with van der Waals surface area (Å²) >= 11 is 3.44. The first-order chi connectivity index (χ1) is 10.1. The maximum atomic E-state index is 8.98. The van der Waals surface area contributed by atoms with Crippen LogP contribution in [0.1, 0.15) is 38.5 Å². The minimum absolute atomic E-state index is 0.0478. The molecule has 3 aliphatic carbocycles. The van der Waals surface area contributed by atoms with Crippen LogP contribution in [0.3, 0.4) is 0 Å². The van der Waals surface area contributed by atoms with Gasteiger partial charge in [-0.1, -0.05) is 5.16 Å². The molecule has 0 spiro atoms. The number of oxime groups is 1. The third-order valence-electron chi connectivity index (χ3n) is 5.43. The van der Waals surface area contributed by atoms with E-state index in [0.29, 0.717) is 11.3 Å². The molecule has 3 saturated carbocycles. The minimum atomic E-state index is -0.0478. The van der Waals surface area contributed by atoms with Gasteiger partial charge in [0.15, 0.2) is 0 Å². The molecule has 4 rings (SSSR count). The molecule has 2 bridgehead atoms. The molecular weight excluding hydrogens is 332 g/mol. The zero-order valence-electron chi connectivity index (χ0n) is 12.0. The number of aromatic nitrogens is 1. The minimum Gasteiger partial charge on any atom is -0.409 e. The third-order valence-corrected chi connectivity index (χ3v) is 5.86. The van der Waals surface area contributed by atoms with Gasteiger partial charge in [-0.3, -0.25) is 4.98 Å². The van der Waals surface area contributed by atoms with Crippen LogP contribution in [0.5, 0.6) is 0 Å². The van der Waals surface area contributed by atoms with Crippen LogP contribution >= 0.6 is 15.9 Å². The zero-order chi connectivity index (χ0) is 14.9. The van der Waals surface area contributed by atoms with E-state index in [4.69, 9.17) is 10.9 Å². The smallest absolute Gasteiger partial charge is 0.145 e. The predicted molar refractivity (Wildman–Crippen MR) is 86.4 cm³/mol. The average molecular weight is 353 g/mol. The van der Waals surface area contributed by atoms with Crippen LogP contribution in [-0.4, -0.2) is 22.6 Å². The molecule has 0 unspecified atom stereocenters. The Hall–Kier alpha value is -1.30. The monoisotopic (exact) mass is 352 g/mol. The Morgan fingerprint density at radius 1 is 1.29 bits per heavy atom. The lowest BCUT2D eigenvalue weighted by atomic mass is 9.53. The van der Waals surface area contributed by atoms with Crippen LogP contribution in [0.15, 0.2) is 28.1 Å². The fraction of sp³-hybridized carbons (Fsp3) is 0.600. The van der Waals surface area contributed by atoms with Crippen molar-refractivity contribution in [1.82, 2.24) is 4.98 Å². The molecule has 5 nitrogen and oxygen atoms in total. The van der Waals surface area contributed by atoms with Gasteiger partial charge in [-0.2, -0.15) is 0 Å². The lowest BCUT2D eigenvalue weighted by molar-refractivity contribution is 0.0410. The Morgan fingerprint density at radius 3 is 2.52 bits per heavy atom. The van der Waals surface area contributed by atoms with Gasteiger partial charge in [0.05, 0.1) is 11.9 Å². The van der Waals surface area contributed by atoms with E-state index in [2.05, 4.69) is 37.5 Å².